The van der Waals surface area contributed by atoms with Crippen LogP contribution in [0.1, 0.15) is 25.5 Å². The van der Waals surface area contributed by atoms with Crippen LogP contribution in [0.5, 0.6) is 0 Å². The molecule has 0 saturated carbocycles. The number of benzene rings is 1. The molecule has 2 N–H and O–H groups in total. The second-order valence-corrected chi connectivity index (χ2v) is 5.05. The fourth-order valence-corrected chi connectivity index (χ4v) is 1.97. The summed E-state index contributed by atoms with van der Waals surface area (Å²) in [7, 11) is 0. The molecule has 0 spiro atoms. The number of hydrogen-bond donors (Lipinski definition) is 2. The Morgan fingerprint density at radius 1 is 1.38 bits per heavy atom. The Morgan fingerprint density at radius 3 is 2.56 bits per heavy atom. The molecule has 0 aliphatic carbocycles. The van der Waals surface area contributed by atoms with Crippen molar-refractivity contribution in [1.29, 1.82) is 0 Å². The minimum Gasteiger partial charge on any atom is -0.391 e. The molecule has 86 valence electrons. The lowest BCUT2D eigenvalue weighted by molar-refractivity contribution is 0.0789. The number of hydrogen-bond acceptors (Lipinski definition) is 2. The molecule has 1 fully saturated rings. The molecule has 2 nitrogen and oxygen atoms in total. The van der Waals surface area contributed by atoms with Crippen LogP contribution in [0.2, 0.25) is 0 Å². The Kier molecular flexibility index (Phi) is 2.87. The molecule has 0 aromatic heterocycles. The molecule has 0 amide bonds. The minimum absolute atomic E-state index is 0.149. The van der Waals surface area contributed by atoms with E-state index in [9.17, 15) is 5.11 Å². The van der Waals surface area contributed by atoms with E-state index >= 15 is 0 Å². The zero-order valence-corrected chi connectivity index (χ0v) is 9.85. The molecular formula is C14H19NO. The van der Waals surface area contributed by atoms with E-state index in [1.807, 2.05) is 38.1 Å². The maximum atomic E-state index is 10.2. The Hall–Kier alpha value is -1.12. The van der Waals surface area contributed by atoms with E-state index < -0.39 is 6.10 Å². The van der Waals surface area contributed by atoms with Crippen LogP contribution in [0.4, 0.5) is 0 Å². The van der Waals surface area contributed by atoms with Crippen molar-refractivity contribution in [1.82, 2.24) is 5.32 Å². The van der Waals surface area contributed by atoms with Gasteiger partial charge in [0.2, 0.25) is 0 Å². The third-order valence-electron chi connectivity index (χ3n) is 3.41. The molecule has 1 saturated heterocycles. The average molecular weight is 217 g/mol. The van der Waals surface area contributed by atoms with Crippen molar-refractivity contribution < 1.29 is 5.11 Å². The lowest BCUT2D eigenvalue weighted by Crippen LogP contribution is -2.33. The van der Waals surface area contributed by atoms with Crippen LogP contribution in [-0.4, -0.2) is 17.3 Å². The summed E-state index contributed by atoms with van der Waals surface area (Å²) in [4.78, 5) is 0. The summed E-state index contributed by atoms with van der Waals surface area (Å²) in [5.41, 5.74) is 0.993. The molecule has 1 aliphatic rings. The zero-order valence-electron chi connectivity index (χ0n) is 9.85. The van der Waals surface area contributed by atoms with Crippen molar-refractivity contribution in [3.63, 3.8) is 0 Å². The van der Waals surface area contributed by atoms with E-state index in [1.54, 1.807) is 0 Å². The van der Waals surface area contributed by atoms with E-state index in [0.717, 1.165) is 0 Å². The monoisotopic (exact) mass is 217 g/mol. The van der Waals surface area contributed by atoms with Gasteiger partial charge in [-0.3, -0.25) is 0 Å². The molecule has 2 heteroatoms. The molecule has 1 aromatic rings. The van der Waals surface area contributed by atoms with Crippen molar-refractivity contribution in [3.05, 3.63) is 48.6 Å². The van der Waals surface area contributed by atoms with Gasteiger partial charge in [0.1, 0.15) is 0 Å². The molecule has 1 heterocycles. The molecule has 0 unspecified atom stereocenters. The van der Waals surface area contributed by atoms with Crippen LogP contribution in [0.15, 0.2) is 43.0 Å². The van der Waals surface area contributed by atoms with Crippen molar-refractivity contribution in [2.75, 3.05) is 0 Å². The number of aliphatic hydroxyl groups is 1. The van der Waals surface area contributed by atoms with Crippen LogP contribution in [0.3, 0.4) is 0 Å². The van der Waals surface area contributed by atoms with E-state index in [0.29, 0.717) is 0 Å². The van der Waals surface area contributed by atoms with Gasteiger partial charge >= 0.3 is 0 Å². The maximum absolute atomic E-state index is 10.2. The van der Waals surface area contributed by atoms with Gasteiger partial charge in [-0.1, -0.05) is 50.3 Å². The van der Waals surface area contributed by atoms with Crippen molar-refractivity contribution in [3.8, 4) is 0 Å². The SMILES string of the molecule is C=CC(C)(C)[C@H](O)[C@H]1N[C@@H]1c1ccccc1. The summed E-state index contributed by atoms with van der Waals surface area (Å²) in [6.07, 6.45) is 1.43. The van der Waals surface area contributed by atoms with Crippen LogP contribution >= 0.6 is 0 Å². The van der Waals surface area contributed by atoms with Crippen LogP contribution in [0.25, 0.3) is 0 Å². The zero-order chi connectivity index (χ0) is 11.8. The van der Waals surface area contributed by atoms with Crippen LogP contribution in [-0.2, 0) is 0 Å². The maximum Gasteiger partial charge on any atom is 0.0797 e. The Morgan fingerprint density at radius 2 is 2.00 bits per heavy atom. The van der Waals surface area contributed by atoms with Gasteiger partial charge in [0.05, 0.1) is 18.2 Å². The third kappa shape index (κ3) is 2.04. The number of aliphatic hydroxyl groups excluding tert-OH is 1. The average Bonchev–Trinajstić information content (AvgIpc) is 3.09. The van der Waals surface area contributed by atoms with Crippen LogP contribution in [0, 0.1) is 5.41 Å². The Balaban J connectivity index is 2.05. The topological polar surface area (TPSA) is 42.2 Å². The standard InChI is InChI=1S/C14H19NO/c1-4-14(2,3)13(16)12-11(15-12)10-8-6-5-7-9-10/h4-9,11-13,15-16H,1H2,2-3H3/t11-,12+,13-/m1/s1. The second-order valence-electron chi connectivity index (χ2n) is 5.05. The van der Waals surface area contributed by atoms with Crippen molar-refractivity contribution in [2.24, 2.45) is 5.41 Å². The third-order valence-corrected chi connectivity index (χ3v) is 3.41. The van der Waals surface area contributed by atoms with Gasteiger partial charge in [0, 0.05) is 5.41 Å². The highest BCUT2D eigenvalue weighted by Crippen LogP contribution is 2.38. The fraction of sp³-hybridized carbons (Fsp3) is 0.429. The molecule has 0 bridgehead atoms. The molecule has 0 radical (unpaired) electrons. The molecule has 1 aliphatic heterocycles. The largest absolute Gasteiger partial charge is 0.391 e. The van der Waals surface area contributed by atoms with Gasteiger partial charge in [-0.2, -0.15) is 0 Å². The van der Waals surface area contributed by atoms with Gasteiger partial charge in [0.15, 0.2) is 0 Å². The van der Waals surface area contributed by atoms with E-state index in [1.165, 1.54) is 5.56 Å². The first-order chi connectivity index (χ1) is 7.56. The lowest BCUT2D eigenvalue weighted by Gasteiger charge is -2.26. The van der Waals surface area contributed by atoms with Crippen LogP contribution < -0.4 is 5.32 Å². The van der Waals surface area contributed by atoms with Gasteiger partial charge in [-0.05, 0) is 5.56 Å². The first-order valence-electron chi connectivity index (χ1n) is 5.69. The summed E-state index contributed by atoms with van der Waals surface area (Å²) in [6, 6.07) is 10.7. The first kappa shape index (κ1) is 11.4. The number of nitrogens with one attached hydrogen (secondary N) is 1. The van der Waals surface area contributed by atoms with Gasteiger partial charge in [-0.25, -0.2) is 0 Å². The summed E-state index contributed by atoms with van der Waals surface area (Å²) >= 11 is 0. The van der Waals surface area contributed by atoms with Gasteiger partial charge in [-0.15, -0.1) is 6.58 Å². The quantitative estimate of drug-likeness (QED) is 0.600. The first-order valence-corrected chi connectivity index (χ1v) is 5.69. The van der Waals surface area contributed by atoms with E-state index in [2.05, 4.69) is 24.0 Å². The van der Waals surface area contributed by atoms with E-state index in [4.69, 9.17) is 0 Å². The van der Waals surface area contributed by atoms with Crippen molar-refractivity contribution in [2.45, 2.75) is 32.0 Å². The molecule has 16 heavy (non-hydrogen) atoms. The van der Waals surface area contributed by atoms with Gasteiger partial charge < -0.3 is 10.4 Å². The minimum atomic E-state index is -0.393. The molecule has 3 atom stereocenters. The summed E-state index contributed by atoms with van der Waals surface area (Å²) < 4.78 is 0. The van der Waals surface area contributed by atoms with Crippen molar-refractivity contribution >= 4 is 0 Å². The highest BCUT2D eigenvalue weighted by Gasteiger charge is 2.47. The molecule has 2 rings (SSSR count). The predicted molar refractivity (Wildman–Crippen MR) is 66.1 cm³/mol. The summed E-state index contributed by atoms with van der Waals surface area (Å²) in [5, 5.41) is 13.5. The smallest absolute Gasteiger partial charge is 0.0797 e. The number of rotatable bonds is 4. The van der Waals surface area contributed by atoms with E-state index in [-0.39, 0.29) is 17.5 Å². The molecular weight excluding hydrogens is 198 g/mol. The fourth-order valence-electron chi connectivity index (χ4n) is 1.97. The Bertz CT molecular complexity index is 372. The Labute approximate surface area is 97.0 Å². The normalized spacial score (nSPS) is 26.2. The van der Waals surface area contributed by atoms with Gasteiger partial charge in [0.25, 0.3) is 0 Å². The predicted octanol–water partition coefficient (Wildman–Crippen LogP) is 2.27. The molecule has 1 aromatic carbocycles. The highest BCUT2D eigenvalue weighted by atomic mass is 16.3. The summed E-state index contributed by atoms with van der Waals surface area (Å²) in [6.45, 7) is 7.79. The second kappa shape index (κ2) is 4.04. The highest BCUT2D eigenvalue weighted by molar-refractivity contribution is 5.28. The summed E-state index contributed by atoms with van der Waals surface area (Å²) in [5.74, 6) is 0. The lowest BCUT2D eigenvalue weighted by atomic mass is 9.83.